The number of esters is 1. The van der Waals surface area contributed by atoms with Gasteiger partial charge in [-0.25, -0.2) is 4.79 Å². The minimum Gasteiger partial charge on any atom is -0.491 e. The fourth-order valence-electron chi connectivity index (χ4n) is 3.91. The van der Waals surface area contributed by atoms with Crippen molar-refractivity contribution in [2.75, 3.05) is 26.4 Å². The van der Waals surface area contributed by atoms with E-state index in [1.807, 2.05) is 36.4 Å². The lowest BCUT2D eigenvalue weighted by Crippen LogP contribution is -2.13. The molecule has 0 N–H and O–H groups in total. The summed E-state index contributed by atoms with van der Waals surface area (Å²) in [5.74, 6) is 0.330. The number of nitrogens with zero attached hydrogens (tertiary/aromatic N) is 2. The van der Waals surface area contributed by atoms with Crippen LogP contribution in [0.5, 0.6) is 5.75 Å². The molecule has 0 heterocycles. The second-order valence-electron chi connectivity index (χ2n) is 9.67. The molecule has 0 atom stereocenters. The average molecular weight is 523 g/mol. The fraction of sp³-hybridized carbons (Fsp3) is 0.531. The number of hydrogen-bond acceptors (Lipinski definition) is 6. The van der Waals surface area contributed by atoms with Crippen molar-refractivity contribution in [3.63, 3.8) is 0 Å². The first-order valence-corrected chi connectivity index (χ1v) is 14.2. The summed E-state index contributed by atoms with van der Waals surface area (Å²) < 4.78 is 16.0. The molecule has 0 saturated carbocycles. The molecule has 0 fully saturated rings. The van der Waals surface area contributed by atoms with E-state index in [2.05, 4.69) is 35.9 Å². The van der Waals surface area contributed by atoms with Gasteiger partial charge >= 0.3 is 5.97 Å². The number of hydrogen-bond donors (Lipinski definition) is 0. The molecule has 2 aromatic rings. The molecule has 0 amide bonds. The highest BCUT2D eigenvalue weighted by atomic mass is 16.6. The van der Waals surface area contributed by atoms with E-state index >= 15 is 0 Å². The smallest absolute Gasteiger partial charge is 0.333 e. The third-order valence-electron chi connectivity index (χ3n) is 6.18. The number of carbonyl (C=O) groups excluding carboxylic acids is 1. The molecule has 0 aliphatic heterocycles. The van der Waals surface area contributed by atoms with Gasteiger partial charge in [0.2, 0.25) is 0 Å². The molecule has 0 saturated heterocycles. The lowest BCUT2D eigenvalue weighted by molar-refractivity contribution is -0.140. The minimum atomic E-state index is -0.404. The zero-order valence-corrected chi connectivity index (χ0v) is 23.5. The highest BCUT2D eigenvalue weighted by Gasteiger charge is 2.02. The normalized spacial score (nSPS) is 11.1. The Hall–Kier alpha value is -2.99. The van der Waals surface area contributed by atoms with Crippen LogP contribution < -0.4 is 4.74 Å². The molecule has 0 spiro atoms. The van der Waals surface area contributed by atoms with Gasteiger partial charge in [-0.15, -0.1) is 0 Å². The summed E-state index contributed by atoms with van der Waals surface area (Å²) in [6.07, 6.45) is 14.8. The maximum Gasteiger partial charge on any atom is 0.333 e. The van der Waals surface area contributed by atoms with Crippen LogP contribution in [-0.4, -0.2) is 32.4 Å². The van der Waals surface area contributed by atoms with Gasteiger partial charge in [-0.05, 0) is 61.7 Å². The minimum absolute atomic E-state index is 0.202. The van der Waals surface area contributed by atoms with E-state index < -0.39 is 5.97 Å². The number of unbranched alkanes of at least 4 members (excludes halogenated alkanes) is 9. The summed E-state index contributed by atoms with van der Waals surface area (Å²) in [7, 11) is 0. The van der Waals surface area contributed by atoms with Crippen molar-refractivity contribution in [1.82, 2.24) is 0 Å². The van der Waals surface area contributed by atoms with Crippen molar-refractivity contribution in [2.45, 2.75) is 84.5 Å². The van der Waals surface area contributed by atoms with Gasteiger partial charge in [0, 0.05) is 5.57 Å². The van der Waals surface area contributed by atoms with Gasteiger partial charge in [0.05, 0.1) is 24.6 Å². The van der Waals surface area contributed by atoms with Crippen LogP contribution in [0.2, 0.25) is 0 Å². The van der Waals surface area contributed by atoms with Crippen LogP contribution in [0.3, 0.4) is 0 Å². The molecule has 6 nitrogen and oxygen atoms in total. The third kappa shape index (κ3) is 14.7. The maximum absolute atomic E-state index is 11.3. The molecule has 2 rings (SSSR count). The molecular formula is C32H46N2O4. The van der Waals surface area contributed by atoms with E-state index in [1.165, 1.54) is 69.8 Å². The Bertz CT molecular complexity index is 939. The number of carbonyl (C=O) groups is 1. The topological polar surface area (TPSA) is 69.5 Å². The Morgan fingerprint density at radius 2 is 1.24 bits per heavy atom. The average Bonchev–Trinajstić information content (AvgIpc) is 2.93. The van der Waals surface area contributed by atoms with Crippen LogP contribution in [0.15, 0.2) is 70.9 Å². The van der Waals surface area contributed by atoms with Gasteiger partial charge in [-0.3, -0.25) is 0 Å². The molecule has 0 unspecified atom stereocenters. The molecule has 0 aliphatic carbocycles. The van der Waals surface area contributed by atoms with Crippen molar-refractivity contribution >= 4 is 17.3 Å². The van der Waals surface area contributed by atoms with Crippen LogP contribution >= 0.6 is 0 Å². The summed E-state index contributed by atoms with van der Waals surface area (Å²) in [5.41, 5.74) is 3.36. The zero-order valence-electron chi connectivity index (χ0n) is 23.5. The maximum atomic E-state index is 11.3. The van der Waals surface area contributed by atoms with Crippen LogP contribution in [0.4, 0.5) is 11.4 Å². The molecule has 0 radical (unpaired) electrons. The van der Waals surface area contributed by atoms with Gasteiger partial charge in [0.1, 0.15) is 19.0 Å². The van der Waals surface area contributed by atoms with Crippen LogP contribution in [0.1, 0.15) is 83.6 Å². The lowest BCUT2D eigenvalue weighted by Gasteiger charge is -2.08. The number of azo groups is 1. The van der Waals surface area contributed by atoms with Gasteiger partial charge in [-0.2, -0.15) is 10.2 Å². The molecule has 2 aromatic carbocycles. The van der Waals surface area contributed by atoms with Crippen molar-refractivity contribution in [1.29, 1.82) is 0 Å². The first-order chi connectivity index (χ1) is 18.6. The Balaban J connectivity index is 1.56. The molecule has 38 heavy (non-hydrogen) atoms. The van der Waals surface area contributed by atoms with Gasteiger partial charge in [0.15, 0.2) is 0 Å². The van der Waals surface area contributed by atoms with E-state index in [4.69, 9.17) is 14.2 Å². The summed E-state index contributed by atoms with van der Waals surface area (Å²) in [5, 5.41) is 8.68. The van der Waals surface area contributed by atoms with Gasteiger partial charge < -0.3 is 14.2 Å². The number of rotatable bonds is 21. The Morgan fingerprint density at radius 3 is 1.82 bits per heavy atom. The molecule has 0 aromatic heterocycles. The number of aryl methyl sites for hydroxylation is 1. The van der Waals surface area contributed by atoms with E-state index in [1.54, 1.807) is 6.92 Å². The Kier molecular flexibility index (Phi) is 16.5. The molecule has 0 aliphatic rings. The molecule has 0 bridgehead atoms. The molecule has 208 valence electrons. The first-order valence-electron chi connectivity index (χ1n) is 14.2. The van der Waals surface area contributed by atoms with Crippen molar-refractivity contribution in [3.8, 4) is 5.75 Å². The highest BCUT2D eigenvalue weighted by molar-refractivity contribution is 5.86. The predicted octanol–water partition coefficient (Wildman–Crippen LogP) is 9.08. The molecular weight excluding hydrogens is 476 g/mol. The van der Waals surface area contributed by atoms with E-state index in [-0.39, 0.29) is 6.61 Å². The van der Waals surface area contributed by atoms with Crippen LogP contribution in [0, 0.1) is 0 Å². The molecule has 6 heteroatoms. The number of benzene rings is 2. The van der Waals surface area contributed by atoms with Crippen LogP contribution in [-0.2, 0) is 20.7 Å². The lowest BCUT2D eigenvalue weighted by atomic mass is 10.0. The van der Waals surface area contributed by atoms with Crippen molar-refractivity contribution in [3.05, 3.63) is 66.2 Å². The van der Waals surface area contributed by atoms with Crippen molar-refractivity contribution < 1.29 is 19.0 Å². The quantitative estimate of drug-likeness (QED) is 0.0709. The van der Waals surface area contributed by atoms with Gasteiger partial charge in [-0.1, -0.05) is 83.4 Å². The Labute approximate surface area is 229 Å². The summed E-state index contributed by atoms with van der Waals surface area (Å²) in [4.78, 5) is 11.3. The summed E-state index contributed by atoms with van der Waals surface area (Å²) in [6, 6.07) is 15.8. The largest absolute Gasteiger partial charge is 0.491 e. The second-order valence-corrected chi connectivity index (χ2v) is 9.67. The van der Waals surface area contributed by atoms with E-state index in [9.17, 15) is 4.79 Å². The highest BCUT2D eigenvalue weighted by Crippen LogP contribution is 2.22. The van der Waals surface area contributed by atoms with Gasteiger partial charge in [0.25, 0.3) is 0 Å². The number of ether oxygens (including phenoxy) is 3. The monoisotopic (exact) mass is 522 g/mol. The Morgan fingerprint density at radius 1 is 0.711 bits per heavy atom. The van der Waals surface area contributed by atoms with E-state index in [0.717, 1.165) is 23.5 Å². The van der Waals surface area contributed by atoms with E-state index in [0.29, 0.717) is 25.4 Å². The fourth-order valence-corrected chi connectivity index (χ4v) is 3.91. The standard InChI is InChI=1S/C32H46N2O4/c1-4-5-6-7-8-9-10-11-12-13-14-28-15-17-29(18-16-28)33-34-30-19-21-31(22-20-30)37-25-23-36-24-26-38-32(35)27(2)3/h15-22H,2,4-14,23-26H2,1,3H3. The SMILES string of the molecule is C=C(C)C(=O)OCCOCCOc1ccc(N=Nc2ccc(CCCCCCCCCCCC)cc2)cc1. The zero-order chi connectivity index (χ0) is 27.3. The first kappa shape index (κ1) is 31.2. The third-order valence-corrected chi connectivity index (χ3v) is 6.18. The van der Waals surface area contributed by atoms with Crippen LogP contribution in [0.25, 0.3) is 0 Å². The van der Waals surface area contributed by atoms with Crippen molar-refractivity contribution in [2.24, 2.45) is 10.2 Å². The second kappa shape index (κ2) is 20.0. The summed E-state index contributed by atoms with van der Waals surface area (Å²) in [6.45, 7) is 8.74. The summed E-state index contributed by atoms with van der Waals surface area (Å²) >= 11 is 0. The predicted molar refractivity (Wildman–Crippen MR) is 155 cm³/mol.